The molecule has 2 fully saturated rings. The van der Waals surface area contributed by atoms with Crippen LogP contribution in [0.15, 0.2) is 53.4 Å². The van der Waals surface area contributed by atoms with Crippen molar-refractivity contribution in [3.63, 3.8) is 0 Å². The molecule has 0 radical (unpaired) electrons. The second kappa shape index (κ2) is 9.20. The first kappa shape index (κ1) is 23.7. The number of sulfonamides is 1. The largest absolute Gasteiger partial charge is 0.326 e. The van der Waals surface area contributed by atoms with Crippen LogP contribution in [0, 0.1) is 17.8 Å². The Morgan fingerprint density at radius 2 is 1.66 bits per heavy atom. The van der Waals surface area contributed by atoms with E-state index in [1.54, 1.807) is 24.3 Å². The number of amides is 3. The third kappa shape index (κ3) is 4.62. The highest BCUT2D eigenvalue weighted by atomic mass is 32.2. The molecule has 0 unspecified atom stereocenters. The lowest BCUT2D eigenvalue weighted by molar-refractivity contribution is -0.116. The average molecular weight is 496 g/mol. The second-order valence-corrected chi connectivity index (χ2v) is 11.6. The van der Waals surface area contributed by atoms with Gasteiger partial charge in [-0.25, -0.2) is 13.1 Å². The number of nitrogens with one attached hydrogen (secondary N) is 2. The summed E-state index contributed by atoms with van der Waals surface area (Å²) in [6.07, 6.45) is 4.72. The standard InChI is InChI=1S/C26H29N3O5S/c1-16(23-15-17-6-7-18(23)14-17)28-35(33,34)20-10-8-19(9-11-20)27-24(30)12-13-29-25(31)21-4-2-3-5-22(21)26(29)32/h2-5,8-11,16-18,23,28H,6-7,12-15H2,1H3,(H,27,30)/t16-,17+,18+,23+/m1/s1. The summed E-state index contributed by atoms with van der Waals surface area (Å²) in [5.41, 5.74) is 1.13. The topological polar surface area (TPSA) is 113 Å². The molecule has 4 atom stereocenters. The van der Waals surface area contributed by atoms with E-state index in [2.05, 4.69) is 10.0 Å². The average Bonchev–Trinajstić information content (AvgIpc) is 3.53. The number of carbonyl (C=O) groups is 3. The number of hydrogen-bond donors (Lipinski definition) is 2. The lowest BCUT2D eigenvalue weighted by atomic mass is 9.84. The van der Waals surface area contributed by atoms with Gasteiger partial charge in [0.15, 0.2) is 0 Å². The van der Waals surface area contributed by atoms with E-state index >= 15 is 0 Å². The summed E-state index contributed by atoms with van der Waals surface area (Å²) in [6.45, 7) is 1.92. The van der Waals surface area contributed by atoms with Crippen molar-refractivity contribution in [3.8, 4) is 0 Å². The van der Waals surface area contributed by atoms with E-state index in [9.17, 15) is 22.8 Å². The molecule has 1 aliphatic heterocycles. The Kier molecular flexibility index (Phi) is 6.23. The highest BCUT2D eigenvalue weighted by Crippen LogP contribution is 2.49. The number of imide groups is 1. The highest BCUT2D eigenvalue weighted by molar-refractivity contribution is 7.89. The van der Waals surface area contributed by atoms with Gasteiger partial charge >= 0.3 is 0 Å². The van der Waals surface area contributed by atoms with Crippen LogP contribution in [0.1, 0.15) is 59.7 Å². The molecule has 35 heavy (non-hydrogen) atoms. The molecule has 2 aromatic carbocycles. The van der Waals surface area contributed by atoms with Gasteiger partial charge in [0.1, 0.15) is 0 Å². The van der Waals surface area contributed by atoms with E-state index in [0.717, 1.165) is 17.2 Å². The van der Waals surface area contributed by atoms with E-state index < -0.39 is 21.8 Å². The summed E-state index contributed by atoms with van der Waals surface area (Å²) in [6, 6.07) is 12.5. The summed E-state index contributed by atoms with van der Waals surface area (Å²) in [4.78, 5) is 38.5. The Morgan fingerprint density at radius 1 is 1.00 bits per heavy atom. The summed E-state index contributed by atoms with van der Waals surface area (Å²) in [5.74, 6) is 0.581. The number of benzene rings is 2. The summed E-state index contributed by atoms with van der Waals surface area (Å²) >= 11 is 0. The normalized spacial score (nSPS) is 24.0. The predicted molar refractivity (Wildman–Crippen MR) is 130 cm³/mol. The van der Waals surface area contributed by atoms with Crippen molar-refractivity contribution >= 4 is 33.4 Å². The first-order chi connectivity index (χ1) is 16.7. The van der Waals surface area contributed by atoms with E-state index in [0.29, 0.717) is 28.7 Å². The summed E-state index contributed by atoms with van der Waals surface area (Å²) < 4.78 is 28.6. The van der Waals surface area contributed by atoms with Crippen molar-refractivity contribution in [2.75, 3.05) is 11.9 Å². The van der Waals surface area contributed by atoms with Crippen LogP contribution in [0.4, 0.5) is 5.69 Å². The van der Waals surface area contributed by atoms with Crippen LogP contribution in [0.3, 0.4) is 0 Å². The van der Waals surface area contributed by atoms with Gasteiger partial charge < -0.3 is 5.32 Å². The number of hydrogen-bond acceptors (Lipinski definition) is 5. The molecule has 2 saturated carbocycles. The van der Waals surface area contributed by atoms with Gasteiger partial charge in [0.05, 0.1) is 16.0 Å². The Bertz CT molecular complexity index is 1240. The quantitative estimate of drug-likeness (QED) is 0.545. The molecule has 0 saturated heterocycles. The lowest BCUT2D eigenvalue weighted by Crippen LogP contribution is -2.40. The fraction of sp³-hybridized carbons (Fsp3) is 0.423. The van der Waals surface area contributed by atoms with Crippen LogP contribution >= 0.6 is 0 Å². The number of rotatable bonds is 8. The Labute approximate surface area is 205 Å². The first-order valence-electron chi connectivity index (χ1n) is 12.1. The van der Waals surface area contributed by atoms with Crippen molar-refractivity contribution in [1.29, 1.82) is 0 Å². The minimum absolute atomic E-state index is 0.0323. The molecule has 0 spiro atoms. The number of anilines is 1. The monoisotopic (exact) mass is 495 g/mol. The highest BCUT2D eigenvalue weighted by Gasteiger charge is 2.42. The van der Waals surface area contributed by atoms with Crippen molar-refractivity contribution in [2.24, 2.45) is 17.8 Å². The van der Waals surface area contributed by atoms with Crippen molar-refractivity contribution in [2.45, 2.75) is 50.0 Å². The first-order valence-corrected chi connectivity index (χ1v) is 13.6. The van der Waals surface area contributed by atoms with E-state index in [1.807, 2.05) is 6.92 Å². The molecule has 3 amide bonds. The third-order valence-corrected chi connectivity index (χ3v) is 9.24. The molecule has 5 rings (SSSR count). The molecule has 8 nitrogen and oxygen atoms in total. The molecule has 3 aliphatic rings. The van der Waals surface area contributed by atoms with E-state index in [4.69, 9.17) is 0 Å². The zero-order valence-corrected chi connectivity index (χ0v) is 20.4. The number of carbonyl (C=O) groups excluding carboxylic acids is 3. The zero-order chi connectivity index (χ0) is 24.7. The van der Waals surface area contributed by atoms with E-state index in [-0.39, 0.29) is 29.8 Å². The van der Waals surface area contributed by atoms with Crippen molar-refractivity contribution in [1.82, 2.24) is 9.62 Å². The zero-order valence-electron chi connectivity index (χ0n) is 19.6. The van der Waals surface area contributed by atoms with Gasteiger partial charge in [0.25, 0.3) is 11.8 Å². The fourth-order valence-corrected chi connectivity index (χ4v) is 7.20. The van der Waals surface area contributed by atoms with Crippen LogP contribution in [-0.4, -0.2) is 43.6 Å². The van der Waals surface area contributed by atoms with Gasteiger partial charge in [-0.3, -0.25) is 19.3 Å². The maximum absolute atomic E-state index is 12.9. The summed E-state index contributed by atoms with van der Waals surface area (Å²) in [5, 5.41) is 2.70. The van der Waals surface area contributed by atoms with E-state index in [1.165, 1.54) is 43.5 Å². The van der Waals surface area contributed by atoms with Crippen LogP contribution in [0.5, 0.6) is 0 Å². The lowest BCUT2D eigenvalue weighted by Gasteiger charge is -2.28. The maximum atomic E-state index is 12.9. The molecule has 2 N–H and O–H groups in total. The second-order valence-electron chi connectivity index (χ2n) is 9.88. The minimum atomic E-state index is -3.66. The van der Waals surface area contributed by atoms with Crippen molar-refractivity contribution in [3.05, 3.63) is 59.7 Å². The Balaban J connectivity index is 1.14. The smallest absolute Gasteiger partial charge is 0.261 e. The Hall–Kier alpha value is -3.04. The van der Waals surface area contributed by atoms with Crippen LogP contribution in [0.25, 0.3) is 0 Å². The maximum Gasteiger partial charge on any atom is 0.261 e. The number of fused-ring (bicyclic) bond motifs is 3. The molecular formula is C26H29N3O5S. The third-order valence-electron chi connectivity index (χ3n) is 7.67. The molecule has 2 aliphatic carbocycles. The van der Waals surface area contributed by atoms with Gasteiger partial charge in [0, 0.05) is 24.7 Å². The Morgan fingerprint density at radius 3 is 2.23 bits per heavy atom. The number of nitrogens with zero attached hydrogens (tertiary/aromatic N) is 1. The molecule has 9 heteroatoms. The van der Waals surface area contributed by atoms with Gasteiger partial charge in [-0.1, -0.05) is 18.6 Å². The molecule has 184 valence electrons. The molecule has 1 heterocycles. The van der Waals surface area contributed by atoms with Gasteiger partial charge in [-0.15, -0.1) is 0 Å². The van der Waals surface area contributed by atoms with Gasteiger partial charge in [0.2, 0.25) is 15.9 Å². The molecule has 2 aromatic rings. The van der Waals surface area contributed by atoms with Gasteiger partial charge in [-0.2, -0.15) is 0 Å². The fourth-order valence-electron chi connectivity index (χ4n) is 5.90. The van der Waals surface area contributed by atoms with Gasteiger partial charge in [-0.05, 0) is 80.3 Å². The van der Waals surface area contributed by atoms with Crippen molar-refractivity contribution < 1.29 is 22.8 Å². The van der Waals surface area contributed by atoms with Crippen LogP contribution < -0.4 is 10.0 Å². The predicted octanol–water partition coefficient (Wildman–Crippen LogP) is 3.41. The van der Waals surface area contributed by atoms with Crippen LogP contribution in [0.2, 0.25) is 0 Å². The van der Waals surface area contributed by atoms with Crippen LogP contribution in [-0.2, 0) is 14.8 Å². The molecule has 2 bridgehead atoms. The SMILES string of the molecule is C[C@@H](NS(=O)(=O)c1ccc(NC(=O)CCN2C(=O)c3ccccc3C2=O)cc1)[C@@H]1C[C@H]2CC[C@H]1C2. The molecule has 0 aromatic heterocycles. The summed E-state index contributed by atoms with van der Waals surface area (Å²) in [7, 11) is -3.66. The minimum Gasteiger partial charge on any atom is -0.326 e. The molecular weight excluding hydrogens is 466 g/mol.